The number of aliphatic carboxylic acids is 1. The van der Waals surface area contributed by atoms with Crippen molar-refractivity contribution in [1.82, 2.24) is 0 Å². The quantitative estimate of drug-likeness (QED) is 0.467. The van der Waals surface area contributed by atoms with Crippen molar-refractivity contribution < 1.29 is 14.6 Å². The van der Waals surface area contributed by atoms with E-state index in [9.17, 15) is 4.79 Å². The first kappa shape index (κ1) is 19.4. The summed E-state index contributed by atoms with van der Waals surface area (Å²) in [6, 6.07) is 11.0. The van der Waals surface area contributed by atoms with E-state index in [4.69, 9.17) is 9.84 Å². The van der Waals surface area contributed by atoms with Crippen molar-refractivity contribution in [2.24, 2.45) is 17.8 Å². The molecule has 3 nitrogen and oxygen atoms in total. The summed E-state index contributed by atoms with van der Waals surface area (Å²) in [5.41, 5.74) is 3.52. The van der Waals surface area contributed by atoms with E-state index in [0.29, 0.717) is 5.41 Å². The van der Waals surface area contributed by atoms with Crippen molar-refractivity contribution >= 4 is 22.8 Å². The van der Waals surface area contributed by atoms with Crippen molar-refractivity contribution in [2.45, 2.75) is 50.9 Å². The lowest BCUT2D eigenvalue weighted by Crippen LogP contribution is -2.48. The average molecular weight is 403 g/mol. The largest absolute Gasteiger partial charge is 0.496 e. The van der Waals surface area contributed by atoms with Gasteiger partial charge in [0.05, 0.1) is 7.11 Å². The summed E-state index contributed by atoms with van der Waals surface area (Å²) in [5.74, 6) is 2.83. The molecular formula is C27H30O3. The highest BCUT2D eigenvalue weighted by Gasteiger charge is 2.52. The monoisotopic (exact) mass is 402 g/mol. The zero-order chi connectivity index (χ0) is 20.9. The van der Waals surface area contributed by atoms with Gasteiger partial charge in [-0.1, -0.05) is 24.3 Å². The van der Waals surface area contributed by atoms with Crippen LogP contribution in [0.1, 0.15) is 56.6 Å². The summed E-state index contributed by atoms with van der Waals surface area (Å²) in [7, 11) is 1.81. The molecule has 4 aliphatic rings. The fourth-order valence-electron chi connectivity index (χ4n) is 6.89. The summed E-state index contributed by atoms with van der Waals surface area (Å²) < 4.78 is 5.91. The van der Waals surface area contributed by atoms with Gasteiger partial charge in [-0.15, -0.1) is 0 Å². The van der Waals surface area contributed by atoms with Gasteiger partial charge >= 0.3 is 5.97 Å². The van der Waals surface area contributed by atoms with Crippen LogP contribution < -0.4 is 4.74 Å². The van der Waals surface area contributed by atoms with Gasteiger partial charge in [0.1, 0.15) is 5.75 Å². The Morgan fingerprint density at radius 3 is 2.30 bits per heavy atom. The summed E-state index contributed by atoms with van der Waals surface area (Å²) in [6.45, 7) is 1.81. The van der Waals surface area contributed by atoms with Crippen LogP contribution in [0.2, 0.25) is 0 Å². The maximum atomic E-state index is 10.8. The lowest BCUT2D eigenvalue weighted by Gasteiger charge is -2.57. The molecule has 0 aliphatic heterocycles. The van der Waals surface area contributed by atoms with Crippen LogP contribution in [0.4, 0.5) is 0 Å². The van der Waals surface area contributed by atoms with Crippen LogP contribution in [0.25, 0.3) is 16.8 Å². The first-order valence-electron chi connectivity index (χ1n) is 11.2. The van der Waals surface area contributed by atoms with Gasteiger partial charge in [-0.2, -0.15) is 0 Å². The molecule has 2 aromatic carbocycles. The molecule has 156 valence electrons. The van der Waals surface area contributed by atoms with Crippen molar-refractivity contribution in [3.63, 3.8) is 0 Å². The van der Waals surface area contributed by atoms with Gasteiger partial charge < -0.3 is 9.84 Å². The molecule has 3 heteroatoms. The van der Waals surface area contributed by atoms with Crippen LogP contribution in [-0.4, -0.2) is 18.2 Å². The number of allylic oxidation sites excluding steroid dienone is 2. The number of methoxy groups -OCH3 is 1. The Labute approximate surface area is 178 Å². The summed E-state index contributed by atoms with van der Waals surface area (Å²) >= 11 is 0. The molecule has 1 N–H and O–H groups in total. The fraction of sp³-hybridized carbons (Fsp3) is 0.444. The number of fused-ring (bicyclic) bond motifs is 1. The second kappa shape index (κ2) is 7.30. The lowest BCUT2D eigenvalue weighted by molar-refractivity contribution is -0.131. The number of carboxylic acid groups (broad SMARTS) is 1. The SMILES string of the molecule is COc1cc2ccc(/C=C/C(C)=C/C(=O)O)cc2cc1C12CC3CC(CC(C3)C1)C2. The van der Waals surface area contributed by atoms with Gasteiger partial charge in [-0.3, -0.25) is 0 Å². The third-order valence-corrected chi connectivity index (χ3v) is 7.68. The number of ether oxygens (including phenoxy) is 1. The standard InChI is InChI=1S/C27H30O3/c1-17(7-26(28)29)3-4-18-5-6-22-13-25(30-2)24(12-23(22)11-18)27-14-19-8-20(15-27)10-21(9-19)16-27/h3-7,11-13,19-21H,8-10,14-16H2,1-2H3,(H,28,29)/b4-3+,17-7+. The number of hydrogen-bond donors (Lipinski definition) is 1. The highest BCUT2D eigenvalue weighted by Crippen LogP contribution is 2.62. The molecule has 2 aromatic rings. The predicted molar refractivity (Wildman–Crippen MR) is 121 cm³/mol. The van der Waals surface area contributed by atoms with E-state index in [-0.39, 0.29) is 0 Å². The molecule has 0 heterocycles. The van der Waals surface area contributed by atoms with Gasteiger partial charge in [-0.25, -0.2) is 4.79 Å². The topological polar surface area (TPSA) is 46.5 Å². The average Bonchev–Trinajstić information content (AvgIpc) is 2.69. The van der Waals surface area contributed by atoms with E-state index < -0.39 is 5.97 Å². The third kappa shape index (κ3) is 3.45. The number of benzene rings is 2. The Kier molecular flexibility index (Phi) is 4.72. The molecule has 0 amide bonds. The molecule has 0 spiro atoms. The highest BCUT2D eigenvalue weighted by molar-refractivity contribution is 5.88. The van der Waals surface area contributed by atoms with E-state index in [0.717, 1.165) is 34.6 Å². The molecule has 6 rings (SSSR count). The Bertz CT molecular complexity index is 1020. The molecular weight excluding hydrogens is 372 g/mol. The zero-order valence-corrected chi connectivity index (χ0v) is 17.9. The minimum atomic E-state index is -0.914. The van der Waals surface area contributed by atoms with E-state index in [1.54, 1.807) is 7.11 Å². The highest BCUT2D eigenvalue weighted by atomic mass is 16.5. The molecule has 0 unspecified atom stereocenters. The minimum absolute atomic E-state index is 0.293. The smallest absolute Gasteiger partial charge is 0.328 e. The van der Waals surface area contributed by atoms with Crippen LogP contribution in [0.5, 0.6) is 5.75 Å². The summed E-state index contributed by atoms with van der Waals surface area (Å²) in [6.07, 6.45) is 13.3. The Morgan fingerprint density at radius 2 is 1.70 bits per heavy atom. The van der Waals surface area contributed by atoms with E-state index in [1.807, 2.05) is 19.1 Å². The Hall–Kier alpha value is -2.55. The molecule has 0 aromatic heterocycles. The lowest BCUT2D eigenvalue weighted by atomic mass is 9.48. The number of hydrogen-bond acceptors (Lipinski definition) is 2. The number of carboxylic acids is 1. The molecule has 4 saturated carbocycles. The molecule has 0 atom stereocenters. The predicted octanol–water partition coefficient (Wildman–Crippen LogP) is 6.36. The van der Waals surface area contributed by atoms with Crippen LogP contribution in [0.15, 0.2) is 48.1 Å². The van der Waals surface area contributed by atoms with Crippen molar-refractivity contribution in [2.75, 3.05) is 7.11 Å². The first-order valence-corrected chi connectivity index (χ1v) is 11.2. The second-order valence-corrected chi connectivity index (χ2v) is 9.92. The van der Waals surface area contributed by atoms with Crippen LogP contribution in [0.3, 0.4) is 0 Å². The number of carbonyl (C=O) groups is 1. The summed E-state index contributed by atoms with van der Waals surface area (Å²) in [4.78, 5) is 10.8. The molecule has 30 heavy (non-hydrogen) atoms. The summed E-state index contributed by atoms with van der Waals surface area (Å²) in [5, 5.41) is 11.3. The van der Waals surface area contributed by atoms with E-state index in [2.05, 4.69) is 30.3 Å². The second-order valence-electron chi connectivity index (χ2n) is 9.92. The van der Waals surface area contributed by atoms with Crippen LogP contribution >= 0.6 is 0 Å². The van der Waals surface area contributed by atoms with Crippen LogP contribution in [0, 0.1) is 17.8 Å². The maximum absolute atomic E-state index is 10.8. The molecule has 4 aliphatic carbocycles. The van der Waals surface area contributed by atoms with Crippen molar-refractivity contribution in [3.8, 4) is 5.75 Å². The zero-order valence-electron chi connectivity index (χ0n) is 17.9. The van der Waals surface area contributed by atoms with E-state index >= 15 is 0 Å². The third-order valence-electron chi connectivity index (χ3n) is 7.68. The minimum Gasteiger partial charge on any atom is -0.496 e. The van der Waals surface area contributed by atoms with Gasteiger partial charge in [-0.05, 0) is 109 Å². The fourth-order valence-corrected chi connectivity index (χ4v) is 6.89. The van der Waals surface area contributed by atoms with Gasteiger partial charge in [0.2, 0.25) is 0 Å². The van der Waals surface area contributed by atoms with Crippen molar-refractivity contribution in [1.29, 1.82) is 0 Å². The van der Waals surface area contributed by atoms with Crippen LogP contribution in [-0.2, 0) is 10.2 Å². The van der Waals surface area contributed by atoms with Gasteiger partial charge in [0.15, 0.2) is 0 Å². The van der Waals surface area contributed by atoms with Crippen molar-refractivity contribution in [3.05, 3.63) is 59.2 Å². The first-order chi connectivity index (χ1) is 14.4. The van der Waals surface area contributed by atoms with E-state index in [1.165, 1.54) is 60.9 Å². The normalized spacial score (nSPS) is 30.3. The Balaban J connectivity index is 1.54. The van der Waals surface area contributed by atoms with Gasteiger partial charge in [0, 0.05) is 11.6 Å². The molecule has 4 bridgehead atoms. The molecule has 0 radical (unpaired) electrons. The van der Waals surface area contributed by atoms with Gasteiger partial charge in [0.25, 0.3) is 0 Å². The Morgan fingerprint density at radius 1 is 1.03 bits per heavy atom. The maximum Gasteiger partial charge on any atom is 0.328 e. The molecule has 4 fully saturated rings. The molecule has 0 saturated heterocycles. The number of rotatable bonds is 5.